The molecular weight excluding hydrogens is 274 g/mol. The Kier molecular flexibility index (Phi) is 5.98. The predicted octanol–water partition coefficient (Wildman–Crippen LogP) is 2.76. The molecule has 4 nitrogen and oxygen atoms in total. The Labute approximate surface area is 132 Å². The normalized spacial score (nSPS) is 12.8. The van der Waals surface area contributed by atoms with Crippen molar-refractivity contribution in [2.45, 2.75) is 44.9 Å². The SMILES string of the molecule is N#CCCN(CCC#N)C(=O)Cc1ccc2c(c1)CCCC2. The number of nitriles is 2. The maximum atomic E-state index is 12.4. The van der Waals surface area contributed by atoms with Gasteiger partial charge in [0.15, 0.2) is 0 Å². The number of nitrogens with zero attached hydrogens (tertiary/aromatic N) is 3. The van der Waals surface area contributed by atoms with Crippen molar-refractivity contribution in [2.75, 3.05) is 13.1 Å². The van der Waals surface area contributed by atoms with Gasteiger partial charge in [-0.15, -0.1) is 0 Å². The van der Waals surface area contributed by atoms with Gasteiger partial charge in [0.05, 0.1) is 31.4 Å². The van der Waals surface area contributed by atoms with E-state index in [-0.39, 0.29) is 5.91 Å². The molecule has 0 saturated heterocycles. The molecule has 1 aliphatic rings. The van der Waals surface area contributed by atoms with Crippen LogP contribution in [0.4, 0.5) is 0 Å². The van der Waals surface area contributed by atoms with E-state index in [9.17, 15) is 4.79 Å². The zero-order chi connectivity index (χ0) is 15.8. The molecule has 0 fully saturated rings. The summed E-state index contributed by atoms with van der Waals surface area (Å²) in [5.41, 5.74) is 3.81. The summed E-state index contributed by atoms with van der Waals surface area (Å²) in [6, 6.07) is 10.4. The third kappa shape index (κ3) is 4.33. The van der Waals surface area contributed by atoms with Crippen LogP contribution >= 0.6 is 0 Å². The minimum atomic E-state index is 0.00117. The van der Waals surface area contributed by atoms with E-state index >= 15 is 0 Å². The first-order valence-electron chi connectivity index (χ1n) is 7.87. The number of carbonyl (C=O) groups excluding carboxylic acids is 1. The van der Waals surface area contributed by atoms with Gasteiger partial charge in [0.25, 0.3) is 0 Å². The molecule has 1 aromatic carbocycles. The number of rotatable bonds is 6. The minimum Gasteiger partial charge on any atom is -0.340 e. The predicted molar refractivity (Wildman–Crippen MR) is 83.8 cm³/mol. The Bertz CT molecular complexity index is 592. The van der Waals surface area contributed by atoms with Gasteiger partial charge < -0.3 is 4.90 Å². The molecular formula is C18H21N3O. The van der Waals surface area contributed by atoms with E-state index < -0.39 is 0 Å². The van der Waals surface area contributed by atoms with E-state index in [2.05, 4.69) is 24.3 Å². The highest BCUT2D eigenvalue weighted by molar-refractivity contribution is 5.79. The molecule has 0 unspecified atom stereocenters. The highest BCUT2D eigenvalue weighted by Gasteiger charge is 2.15. The fourth-order valence-corrected chi connectivity index (χ4v) is 2.91. The van der Waals surface area contributed by atoms with Crippen LogP contribution < -0.4 is 0 Å². The fraction of sp³-hybridized carbons (Fsp3) is 0.500. The van der Waals surface area contributed by atoms with Gasteiger partial charge in [-0.1, -0.05) is 18.2 Å². The first kappa shape index (κ1) is 16.0. The molecule has 4 heteroatoms. The molecule has 1 amide bonds. The maximum absolute atomic E-state index is 12.4. The number of hydrogen-bond acceptors (Lipinski definition) is 3. The summed E-state index contributed by atoms with van der Waals surface area (Å²) in [6.45, 7) is 0.809. The van der Waals surface area contributed by atoms with Crippen molar-refractivity contribution >= 4 is 5.91 Å². The van der Waals surface area contributed by atoms with E-state index in [0.29, 0.717) is 32.4 Å². The lowest BCUT2D eigenvalue weighted by atomic mass is 9.90. The Morgan fingerprint density at radius 1 is 1.05 bits per heavy atom. The van der Waals surface area contributed by atoms with Gasteiger partial charge in [-0.05, 0) is 42.4 Å². The number of fused-ring (bicyclic) bond motifs is 1. The quantitative estimate of drug-likeness (QED) is 0.810. The summed E-state index contributed by atoms with van der Waals surface area (Å²) in [5.74, 6) is 0.00117. The number of amides is 1. The minimum absolute atomic E-state index is 0.00117. The summed E-state index contributed by atoms with van der Waals surface area (Å²) in [4.78, 5) is 14.0. The van der Waals surface area contributed by atoms with Crippen LogP contribution in [0.1, 0.15) is 42.4 Å². The van der Waals surface area contributed by atoms with Crippen molar-refractivity contribution in [3.8, 4) is 12.1 Å². The van der Waals surface area contributed by atoms with Crippen molar-refractivity contribution in [2.24, 2.45) is 0 Å². The molecule has 0 atom stereocenters. The van der Waals surface area contributed by atoms with Crippen LogP contribution in [0, 0.1) is 22.7 Å². The summed E-state index contributed by atoms with van der Waals surface area (Å²) in [6.07, 6.45) is 5.68. The molecule has 0 aliphatic heterocycles. The van der Waals surface area contributed by atoms with Crippen LogP contribution in [-0.2, 0) is 24.1 Å². The molecule has 2 rings (SSSR count). The molecule has 114 valence electrons. The van der Waals surface area contributed by atoms with Crippen molar-refractivity contribution in [3.05, 3.63) is 34.9 Å². The second kappa shape index (κ2) is 8.20. The Hall–Kier alpha value is -2.33. The Morgan fingerprint density at radius 2 is 1.68 bits per heavy atom. The van der Waals surface area contributed by atoms with E-state index in [1.54, 1.807) is 4.90 Å². The average molecular weight is 295 g/mol. The van der Waals surface area contributed by atoms with E-state index in [4.69, 9.17) is 10.5 Å². The third-order valence-corrected chi connectivity index (χ3v) is 4.11. The lowest BCUT2D eigenvalue weighted by Crippen LogP contribution is -2.34. The monoisotopic (exact) mass is 295 g/mol. The lowest BCUT2D eigenvalue weighted by Gasteiger charge is -2.21. The van der Waals surface area contributed by atoms with Gasteiger partial charge in [-0.2, -0.15) is 10.5 Å². The summed E-state index contributed by atoms with van der Waals surface area (Å²) in [5, 5.41) is 17.4. The maximum Gasteiger partial charge on any atom is 0.227 e. The largest absolute Gasteiger partial charge is 0.340 e. The molecule has 0 radical (unpaired) electrons. The van der Waals surface area contributed by atoms with Gasteiger partial charge in [0, 0.05) is 13.1 Å². The summed E-state index contributed by atoms with van der Waals surface area (Å²) >= 11 is 0. The van der Waals surface area contributed by atoms with E-state index in [1.165, 1.54) is 24.0 Å². The van der Waals surface area contributed by atoms with Crippen molar-refractivity contribution in [1.82, 2.24) is 4.90 Å². The highest BCUT2D eigenvalue weighted by Crippen LogP contribution is 2.22. The zero-order valence-corrected chi connectivity index (χ0v) is 12.8. The molecule has 0 saturated carbocycles. The number of aryl methyl sites for hydroxylation is 2. The molecule has 0 spiro atoms. The molecule has 22 heavy (non-hydrogen) atoms. The topological polar surface area (TPSA) is 67.9 Å². The Morgan fingerprint density at radius 3 is 2.32 bits per heavy atom. The molecule has 1 aliphatic carbocycles. The third-order valence-electron chi connectivity index (χ3n) is 4.11. The first-order chi connectivity index (χ1) is 10.7. The van der Waals surface area contributed by atoms with Crippen LogP contribution in [0.2, 0.25) is 0 Å². The number of hydrogen-bond donors (Lipinski definition) is 0. The van der Waals surface area contributed by atoms with Crippen molar-refractivity contribution < 1.29 is 4.79 Å². The average Bonchev–Trinajstić information content (AvgIpc) is 2.54. The van der Waals surface area contributed by atoms with E-state index in [1.807, 2.05) is 6.07 Å². The standard InChI is InChI=1S/C18H21N3O/c19-9-3-11-21(12-4-10-20)18(22)14-15-7-8-16-5-1-2-6-17(16)13-15/h7-8,13H,1-6,11-12,14H2. The first-order valence-corrected chi connectivity index (χ1v) is 7.87. The summed E-state index contributed by atoms with van der Waals surface area (Å²) in [7, 11) is 0. The smallest absolute Gasteiger partial charge is 0.227 e. The number of carbonyl (C=O) groups is 1. The van der Waals surface area contributed by atoms with Gasteiger partial charge in [0.1, 0.15) is 0 Å². The van der Waals surface area contributed by atoms with Crippen molar-refractivity contribution in [1.29, 1.82) is 10.5 Å². The van der Waals surface area contributed by atoms with Gasteiger partial charge in [-0.25, -0.2) is 0 Å². The van der Waals surface area contributed by atoms with Gasteiger partial charge in [0.2, 0.25) is 5.91 Å². The van der Waals surface area contributed by atoms with Crippen LogP contribution in [0.3, 0.4) is 0 Å². The zero-order valence-electron chi connectivity index (χ0n) is 12.8. The van der Waals surface area contributed by atoms with Crippen LogP contribution in [0.25, 0.3) is 0 Å². The molecule has 1 aromatic rings. The fourth-order valence-electron chi connectivity index (χ4n) is 2.91. The summed E-state index contributed by atoms with van der Waals surface area (Å²) < 4.78 is 0. The molecule has 0 aromatic heterocycles. The second-order valence-electron chi connectivity index (χ2n) is 5.68. The van der Waals surface area contributed by atoms with Crippen LogP contribution in [-0.4, -0.2) is 23.9 Å². The van der Waals surface area contributed by atoms with Crippen molar-refractivity contribution in [3.63, 3.8) is 0 Å². The van der Waals surface area contributed by atoms with Gasteiger partial charge >= 0.3 is 0 Å². The molecule has 0 heterocycles. The highest BCUT2D eigenvalue weighted by atomic mass is 16.2. The second-order valence-corrected chi connectivity index (χ2v) is 5.68. The van der Waals surface area contributed by atoms with E-state index in [0.717, 1.165) is 18.4 Å². The lowest BCUT2D eigenvalue weighted by molar-refractivity contribution is -0.130. The molecule has 0 bridgehead atoms. The van der Waals surface area contributed by atoms with Gasteiger partial charge in [-0.3, -0.25) is 4.79 Å². The van der Waals surface area contributed by atoms with Crippen LogP contribution in [0.15, 0.2) is 18.2 Å². The van der Waals surface area contributed by atoms with Crippen LogP contribution in [0.5, 0.6) is 0 Å². The molecule has 0 N–H and O–H groups in total. The number of benzene rings is 1. The Balaban J connectivity index is 2.02.